The molecule has 0 aliphatic carbocycles. The fraction of sp³-hybridized carbons (Fsp3) is 0.438. The van der Waals surface area contributed by atoms with Crippen LogP contribution in [-0.2, 0) is 11.2 Å². The first-order valence-corrected chi connectivity index (χ1v) is 7.86. The van der Waals surface area contributed by atoms with E-state index in [9.17, 15) is 9.59 Å². The Bertz CT molecular complexity index is 776. The molecule has 2 aromatic heterocycles. The molecule has 0 saturated carbocycles. The maximum atomic E-state index is 12.5. The number of morpholine rings is 1. The molecule has 1 aliphatic heterocycles. The number of nitrogens with one attached hydrogen (secondary N) is 1. The number of amides is 1. The molecule has 2 aromatic rings. The smallest absolute Gasteiger partial charge is 0.272 e. The summed E-state index contributed by atoms with van der Waals surface area (Å²) in [6.45, 7) is 3.30. The van der Waals surface area contributed by atoms with Gasteiger partial charge in [0.05, 0.1) is 19.0 Å². The third kappa shape index (κ3) is 4.02. The Kier molecular flexibility index (Phi) is 4.95. The summed E-state index contributed by atoms with van der Waals surface area (Å²) >= 11 is 0. The number of ether oxygens (including phenoxy) is 1. The molecule has 1 saturated heterocycles. The van der Waals surface area contributed by atoms with Gasteiger partial charge in [0, 0.05) is 31.0 Å². The second kappa shape index (κ2) is 7.31. The van der Waals surface area contributed by atoms with Gasteiger partial charge in [-0.25, -0.2) is 15.0 Å². The van der Waals surface area contributed by atoms with Crippen molar-refractivity contribution in [3.8, 4) is 0 Å². The van der Waals surface area contributed by atoms with E-state index in [1.165, 1.54) is 12.4 Å². The summed E-state index contributed by atoms with van der Waals surface area (Å²) in [5.74, 6) is 0.467. The minimum absolute atomic E-state index is 0.0771. The summed E-state index contributed by atoms with van der Waals surface area (Å²) in [7, 11) is 0. The molecule has 1 N–H and O–H groups in total. The van der Waals surface area contributed by atoms with E-state index < -0.39 is 0 Å². The van der Waals surface area contributed by atoms with Gasteiger partial charge in [-0.15, -0.1) is 0 Å². The SMILES string of the molecule is Cc1nccc(C(=O)N2CCO[C@@H](CCc3cc(=O)[nH]cn3)C2)n1. The lowest BCUT2D eigenvalue weighted by Gasteiger charge is -2.32. The molecule has 8 nitrogen and oxygen atoms in total. The zero-order valence-electron chi connectivity index (χ0n) is 13.4. The molecule has 3 rings (SSSR count). The zero-order valence-corrected chi connectivity index (χ0v) is 13.4. The number of carbonyl (C=O) groups excluding carboxylic acids is 1. The van der Waals surface area contributed by atoms with Crippen LogP contribution in [-0.4, -0.2) is 56.5 Å². The second-order valence-electron chi connectivity index (χ2n) is 5.67. The molecule has 1 amide bonds. The number of carbonyl (C=O) groups is 1. The van der Waals surface area contributed by atoms with Crippen LogP contribution < -0.4 is 5.56 Å². The Balaban J connectivity index is 1.60. The lowest BCUT2D eigenvalue weighted by atomic mass is 10.1. The van der Waals surface area contributed by atoms with Crippen molar-refractivity contribution >= 4 is 5.91 Å². The predicted octanol–water partition coefficient (Wildman–Crippen LogP) is 0.342. The van der Waals surface area contributed by atoms with Gasteiger partial charge >= 0.3 is 0 Å². The highest BCUT2D eigenvalue weighted by Gasteiger charge is 2.25. The number of hydrogen-bond donors (Lipinski definition) is 1. The van der Waals surface area contributed by atoms with Crippen molar-refractivity contribution < 1.29 is 9.53 Å². The summed E-state index contributed by atoms with van der Waals surface area (Å²) < 4.78 is 5.73. The molecule has 0 bridgehead atoms. The molecule has 1 atom stereocenters. The van der Waals surface area contributed by atoms with Crippen molar-refractivity contribution in [3.05, 3.63) is 52.2 Å². The number of H-pyrrole nitrogens is 1. The molecule has 24 heavy (non-hydrogen) atoms. The fourth-order valence-electron chi connectivity index (χ4n) is 2.67. The molecular weight excluding hydrogens is 310 g/mol. The average molecular weight is 329 g/mol. The van der Waals surface area contributed by atoms with Gasteiger partial charge in [0.25, 0.3) is 11.5 Å². The van der Waals surface area contributed by atoms with Crippen LogP contribution in [0.1, 0.15) is 28.4 Å². The molecule has 0 aromatic carbocycles. The van der Waals surface area contributed by atoms with Crippen molar-refractivity contribution in [2.45, 2.75) is 25.9 Å². The molecule has 0 radical (unpaired) electrons. The van der Waals surface area contributed by atoms with Gasteiger partial charge in [0.1, 0.15) is 11.5 Å². The minimum Gasteiger partial charge on any atom is -0.375 e. The highest BCUT2D eigenvalue weighted by Crippen LogP contribution is 2.13. The van der Waals surface area contributed by atoms with Crippen LogP contribution in [0.4, 0.5) is 0 Å². The van der Waals surface area contributed by atoms with E-state index in [4.69, 9.17) is 4.74 Å². The van der Waals surface area contributed by atoms with Crippen LogP contribution in [0.5, 0.6) is 0 Å². The first kappa shape index (κ1) is 16.3. The Labute approximate surface area is 138 Å². The first-order chi connectivity index (χ1) is 11.6. The van der Waals surface area contributed by atoms with E-state index in [1.807, 2.05) is 0 Å². The van der Waals surface area contributed by atoms with Crippen LogP contribution in [0.15, 0.2) is 29.5 Å². The van der Waals surface area contributed by atoms with Crippen LogP contribution in [0.2, 0.25) is 0 Å². The van der Waals surface area contributed by atoms with Crippen LogP contribution >= 0.6 is 0 Å². The Morgan fingerprint density at radius 2 is 2.33 bits per heavy atom. The Morgan fingerprint density at radius 3 is 3.12 bits per heavy atom. The number of rotatable bonds is 4. The molecule has 0 spiro atoms. The maximum absolute atomic E-state index is 12.5. The number of aryl methyl sites for hydroxylation is 2. The van der Waals surface area contributed by atoms with Gasteiger partial charge in [-0.05, 0) is 25.8 Å². The van der Waals surface area contributed by atoms with Gasteiger partial charge < -0.3 is 14.6 Å². The van der Waals surface area contributed by atoms with Crippen molar-refractivity contribution in [2.24, 2.45) is 0 Å². The quantitative estimate of drug-likeness (QED) is 0.868. The normalized spacial score (nSPS) is 17.7. The summed E-state index contributed by atoms with van der Waals surface area (Å²) in [6.07, 6.45) is 4.23. The molecule has 1 aliphatic rings. The summed E-state index contributed by atoms with van der Waals surface area (Å²) in [4.78, 5) is 40.4. The van der Waals surface area contributed by atoms with Gasteiger partial charge in [-0.2, -0.15) is 0 Å². The van der Waals surface area contributed by atoms with Crippen LogP contribution in [0.3, 0.4) is 0 Å². The number of nitrogens with zero attached hydrogens (tertiary/aromatic N) is 4. The zero-order chi connectivity index (χ0) is 16.9. The lowest BCUT2D eigenvalue weighted by molar-refractivity contribution is -0.0248. The van der Waals surface area contributed by atoms with E-state index in [1.54, 1.807) is 24.1 Å². The van der Waals surface area contributed by atoms with Crippen molar-refractivity contribution in [1.82, 2.24) is 24.8 Å². The van der Waals surface area contributed by atoms with E-state index in [2.05, 4.69) is 19.9 Å². The number of hydrogen-bond acceptors (Lipinski definition) is 6. The molecule has 0 unspecified atom stereocenters. The number of aromatic amines is 1. The first-order valence-electron chi connectivity index (χ1n) is 7.86. The van der Waals surface area contributed by atoms with Crippen molar-refractivity contribution in [2.75, 3.05) is 19.7 Å². The Hall–Kier alpha value is -2.61. The average Bonchev–Trinajstić information content (AvgIpc) is 2.60. The molecular formula is C16H19N5O3. The monoisotopic (exact) mass is 329 g/mol. The Morgan fingerprint density at radius 1 is 1.46 bits per heavy atom. The van der Waals surface area contributed by atoms with E-state index >= 15 is 0 Å². The highest BCUT2D eigenvalue weighted by molar-refractivity contribution is 5.92. The molecule has 126 valence electrons. The fourth-order valence-corrected chi connectivity index (χ4v) is 2.67. The van der Waals surface area contributed by atoms with Gasteiger partial charge in [0.2, 0.25) is 0 Å². The topological polar surface area (TPSA) is 101 Å². The summed E-state index contributed by atoms with van der Waals surface area (Å²) in [6, 6.07) is 3.11. The third-order valence-corrected chi connectivity index (χ3v) is 3.88. The van der Waals surface area contributed by atoms with E-state index in [0.717, 1.165) is 5.69 Å². The maximum Gasteiger partial charge on any atom is 0.272 e. The van der Waals surface area contributed by atoms with Crippen LogP contribution in [0, 0.1) is 6.92 Å². The standard InChI is InChI=1S/C16H19N5O3/c1-11-17-5-4-14(20-11)16(23)21-6-7-24-13(9-21)3-2-12-8-15(22)19-10-18-12/h4-5,8,10,13H,2-3,6-7,9H2,1H3,(H,18,19,22)/t13-/m0/s1. The van der Waals surface area contributed by atoms with Gasteiger partial charge in [-0.3, -0.25) is 9.59 Å². The van der Waals surface area contributed by atoms with Gasteiger partial charge in [-0.1, -0.05) is 0 Å². The van der Waals surface area contributed by atoms with Crippen molar-refractivity contribution in [1.29, 1.82) is 0 Å². The predicted molar refractivity (Wildman–Crippen MR) is 85.6 cm³/mol. The minimum atomic E-state index is -0.166. The number of aromatic nitrogens is 4. The largest absolute Gasteiger partial charge is 0.375 e. The summed E-state index contributed by atoms with van der Waals surface area (Å²) in [5, 5.41) is 0. The molecule has 1 fully saturated rings. The van der Waals surface area contributed by atoms with E-state index in [-0.39, 0.29) is 17.6 Å². The van der Waals surface area contributed by atoms with Crippen molar-refractivity contribution in [3.63, 3.8) is 0 Å². The highest BCUT2D eigenvalue weighted by atomic mass is 16.5. The third-order valence-electron chi connectivity index (χ3n) is 3.88. The molecule has 3 heterocycles. The second-order valence-corrected chi connectivity index (χ2v) is 5.67. The van der Waals surface area contributed by atoms with Crippen LogP contribution in [0.25, 0.3) is 0 Å². The van der Waals surface area contributed by atoms with Gasteiger partial charge in [0.15, 0.2) is 0 Å². The van der Waals surface area contributed by atoms with E-state index in [0.29, 0.717) is 44.1 Å². The lowest BCUT2D eigenvalue weighted by Crippen LogP contribution is -2.46. The summed E-state index contributed by atoms with van der Waals surface area (Å²) in [5.41, 5.74) is 0.956. The molecule has 8 heteroatoms.